The molecule has 2 aliphatic rings. The monoisotopic (exact) mass is 343 g/mol. The van der Waals surface area contributed by atoms with Gasteiger partial charge in [-0.1, -0.05) is 43.5 Å². The Labute approximate surface area is 148 Å². The molecule has 4 amide bonds. The molecule has 1 aromatic carbocycles. The highest BCUT2D eigenvalue weighted by atomic mass is 16.2. The van der Waals surface area contributed by atoms with Crippen LogP contribution in [0.15, 0.2) is 24.3 Å². The zero-order valence-electron chi connectivity index (χ0n) is 14.6. The van der Waals surface area contributed by atoms with E-state index in [2.05, 4.69) is 16.7 Å². The normalized spacial score (nSPS) is 19.6. The predicted octanol–water partition coefficient (Wildman–Crippen LogP) is 1.86. The van der Waals surface area contributed by atoms with Gasteiger partial charge in [-0.3, -0.25) is 14.5 Å². The number of hydrogen-bond acceptors (Lipinski definition) is 3. The third-order valence-corrected chi connectivity index (χ3v) is 5.36. The molecule has 1 saturated heterocycles. The minimum Gasteiger partial charge on any atom is -0.354 e. The third kappa shape index (κ3) is 3.38. The highest BCUT2D eigenvalue weighted by Gasteiger charge is 2.41. The molecule has 0 spiro atoms. The fraction of sp³-hybridized carbons (Fsp3) is 0.526. The number of amides is 4. The van der Waals surface area contributed by atoms with E-state index in [1.165, 1.54) is 0 Å². The van der Waals surface area contributed by atoms with Gasteiger partial charge in [-0.05, 0) is 30.9 Å². The minimum atomic E-state index is -0.499. The third-order valence-electron chi connectivity index (χ3n) is 5.36. The lowest BCUT2D eigenvalue weighted by atomic mass is 9.67. The van der Waals surface area contributed by atoms with E-state index >= 15 is 0 Å². The summed E-state index contributed by atoms with van der Waals surface area (Å²) in [6, 6.07) is 7.69. The van der Waals surface area contributed by atoms with Crippen molar-refractivity contribution in [2.24, 2.45) is 0 Å². The lowest BCUT2D eigenvalue weighted by molar-refractivity contribution is -0.129. The standard InChI is InChI=1S/C19H25N3O3/c1-14-7-3-4-8-15(14)19(9-5-2-6-10-19)17(24)20-11-12-22-16(23)13-21-18(22)25/h3-4,7-8H,2,5-6,9-13H2,1H3,(H,20,24)(H,21,25). The second-order valence-corrected chi connectivity index (χ2v) is 6.92. The summed E-state index contributed by atoms with van der Waals surface area (Å²) in [5, 5.41) is 5.46. The summed E-state index contributed by atoms with van der Waals surface area (Å²) in [6.45, 7) is 2.58. The van der Waals surface area contributed by atoms with Crippen LogP contribution in [0.3, 0.4) is 0 Å². The Hall–Kier alpha value is -2.37. The number of hydrogen-bond donors (Lipinski definition) is 2. The molecule has 2 N–H and O–H groups in total. The molecule has 1 aromatic rings. The molecule has 0 aromatic heterocycles. The van der Waals surface area contributed by atoms with Gasteiger partial charge in [-0.15, -0.1) is 0 Å². The number of benzene rings is 1. The van der Waals surface area contributed by atoms with Crippen LogP contribution >= 0.6 is 0 Å². The highest BCUT2D eigenvalue weighted by molar-refractivity contribution is 6.02. The van der Waals surface area contributed by atoms with Crippen molar-refractivity contribution in [3.63, 3.8) is 0 Å². The van der Waals surface area contributed by atoms with Crippen LogP contribution in [0.5, 0.6) is 0 Å². The van der Waals surface area contributed by atoms with E-state index < -0.39 is 5.41 Å². The van der Waals surface area contributed by atoms with Crippen molar-refractivity contribution in [2.75, 3.05) is 19.6 Å². The number of urea groups is 1. The van der Waals surface area contributed by atoms with Crippen molar-refractivity contribution in [1.29, 1.82) is 0 Å². The highest BCUT2D eigenvalue weighted by Crippen LogP contribution is 2.41. The number of rotatable bonds is 5. The molecule has 6 nitrogen and oxygen atoms in total. The molecular weight excluding hydrogens is 318 g/mol. The van der Waals surface area contributed by atoms with E-state index in [1.807, 2.05) is 25.1 Å². The van der Waals surface area contributed by atoms with Gasteiger partial charge in [0.15, 0.2) is 0 Å². The van der Waals surface area contributed by atoms with Gasteiger partial charge in [0.05, 0.1) is 12.0 Å². The van der Waals surface area contributed by atoms with Crippen LogP contribution < -0.4 is 10.6 Å². The smallest absolute Gasteiger partial charge is 0.324 e. The molecule has 0 radical (unpaired) electrons. The molecule has 0 bridgehead atoms. The summed E-state index contributed by atoms with van der Waals surface area (Å²) in [5.41, 5.74) is 1.73. The average molecular weight is 343 g/mol. The van der Waals surface area contributed by atoms with Crippen LogP contribution in [0, 0.1) is 6.92 Å². The zero-order chi connectivity index (χ0) is 17.9. The molecule has 6 heteroatoms. The quantitative estimate of drug-likeness (QED) is 0.801. The summed E-state index contributed by atoms with van der Waals surface area (Å²) in [6.07, 6.45) is 4.91. The predicted molar refractivity (Wildman–Crippen MR) is 94.1 cm³/mol. The van der Waals surface area contributed by atoms with Crippen LogP contribution in [0.2, 0.25) is 0 Å². The van der Waals surface area contributed by atoms with Crippen molar-refractivity contribution in [1.82, 2.24) is 15.5 Å². The van der Waals surface area contributed by atoms with Crippen molar-refractivity contribution in [3.8, 4) is 0 Å². The van der Waals surface area contributed by atoms with Gasteiger partial charge in [-0.2, -0.15) is 0 Å². The van der Waals surface area contributed by atoms with Crippen LogP contribution in [-0.4, -0.2) is 42.4 Å². The molecular formula is C19H25N3O3. The van der Waals surface area contributed by atoms with Crippen LogP contribution in [-0.2, 0) is 15.0 Å². The van der Waals surface area contributed by atoms with Crippen LogP contribution in [0.1, 0.15) is 43.2 Å². The molecule has 1 aliphatic heterocycles. The Morgan fingerprint density at radius 2 is 1.92 bits per heavy atom. The van der Waals surface area contributed by atoms with Gasteiger partial charge in [0.1, 0.15) is 0 Å². The summed E-state index contributed by atoms with van der Waals surface area (Å²) in [5.74, 6) is -0.237. The van der Waals surface area contributed by atoms with E-state index in [0.717, 1.165) is 48.1 Å². The van der Waals surface area contributed by atoms with E-state index in [9.17, 15) is 14.4 Å². The average Bonchev–Trinajstić information content (AvgIpc) is 2.94. The lowest BCUT2D eigenvalue weighted by Crippen LogP contribution is -2.48. The van der Waals surface area contributed by atoms with Crippen molar-refractivity contribution in [3.05, 3.63) is 35.4 Å². The fourth-order valence-electron chi connectivity index (χ4n) is 4.02. The molecule has 1 heterocycles. The number of nitrogens with zero attached hydrogens (tertiary/aromatic N) is 1. The second kappa shape index (κ2) is 7.25. The van der Waals surface area contributed by atoms with E-state index in [1.54, 1.807) is 0 Å². The first kappa shape index (κ1) is 17.5. The van der Waals surface area contributed by atoms with Crippen molar-refractivity contribution >= 4 is 17.8 Å². The van der Waals surface area contributed by atoms with Crippen LogP contribution in [0.25, 0.3) is 0 Å². The van der Waals surface area contributed by atoms with Gasteiger partial charge in [-0.25, -0.2) is 4.79 Å². The molecule has 0 atom stereocenters. The Bertz CT molecular complexity index is 664. The summed E-state index contributed by atoms with van der Waals surface area (Å²) in [7, 11) is 0. The first-order valence-corrected chi connectivity index (χ1v) is 8.97. The summed E-state index contributed by atoms with van der Waals surface area (Å²) < 4.78 is 0. The first-order valence-electron chi connectivity index (χ1n) is 8.97. The Morgan fingerprint density at radius 3 is 2.56 bits per heavy atom. The van der Waals surface area contributed by atoms with E-state index in [4.69, 9.17) is 0 Å². The Balaban J connectivity index is 1.71. The van der Waals surface area contributed by atoms with Crippen LogP contribution in [0.4, 0.5) is 4.79 Å². The molecule has 1 saturated carbocycles. The lowest BCUT2D eigenvalue weighted by Gasteiger charge is -2.37. The number of nitrogens with one attached hydrogen (secondary N) is 2. The maximum absolute atomic E-state index is 13.1. The van der Waals surface area contributed by atoms with Gasteiger partial charge < -0.3 is 10.6 Å². The number of carbonyl (C=O) groups excluding carboxylic acids is 3. The molecule has 134 valence electrons. The number of imide groups is 1. The van der Waals surface area contributed by atoms with Crippen molar-refractivity contribution in [2.45, 2.75) is 44.4 Å². The van der Waals surface area contributed by atoms with Gasteiger partial charge >= 0.3 is 6.03 Å². The Kier molecular flexibility index (Phi) is 5.06. The molecule has 25 heavy (non-hydrogen) atoms. The molecule has 1 aliphatic carbocycles. The van der Waals surface area contributed by atoms with E-state index in [-0.39, 0.29) is 37.5 Å². The number of carbonyl (C=O) groups is 3. The molecule has 2 fully saturated rings. The fourth-order valence-corrected chi connectivity index (χ4v) is 4.02. The maximum atomic E-state index is 13.1. The molecule has 0 unspecified atom stereocenters. The number of aryl methyl sites for hydroxylation is 1. The maximum Gasteiger partial charge on any atom is 0.324 e. The van der Waals surface area contributed by atoms with Gasteiger partial charge in [0.2, 0.25) is 11.8 Å². The van der Waals surface area contributed by atoms with E-state index in [0.29, 0.717) is 0 Å². The second-order valence-electron chi connectivity index (χ2n) is 6.92. The zero-order valence-corrected chi connectivity index (χ0v) is 14.6. The first-order chi connectivity index (χ1) is 12.0. The summed E-state index contributed by atoms with van der Waals surface area (Å²) in [4.78, 5) is 37.4. The largest absolute Gasteiger partial charge is 0.354 e. The van der Waals surface area contributed by atoms with Gasteiger partial charge in [0.25, 0.3) is 0 Å². The topological polar surface area (TPSA) is 78.5 Å². The Morgan fingerprint density at radius 1 is 1.20 bits per heavy atom. The van der Waals surface area contributed by atoms with Crippen molar-refractivity contribution < 1.29 is 14.4 Å². The van der Waals surface area contributed by atoms with Gasteiger partial charge in [0, 0.05) is 13.1 Å². The summed E-state index contributed by atoms with van der Waals surface area (Å²) >= 11 is 0. The minimum absolute atomic E-state index is 0.00792. The molecule has 3 rings (SSSR count). The SMILES string of the molecule is Cc1ccccc1C1(C(=O)NCCN2C(=O)CNC2=O)CCCCC1.